The average Bonchev–Trinajstić information content (AvgIpc) is 3.39. The molecule has 5 aromatic rings. The molecular formula is C32H34N4O4. The molecule has 1 amide bonds. The highest BCUT2D eigenvalue weighted by Gasteiger charge is 2.26. The molecule has 0 aliphatic rings. The number of carbonyl (C=O) groups is 2. The maximum absolute atomic E-state index is 14.3. The van der Waals surface area contributed by atoms with E-state index in [1.165, 1.54) is 5.56 Å². The molecule has 3 aromatic carbocycles. The zero-order valence-electron chi connectivity index (χ0n) is 23.5. The summed E-state index contributed by atoms with van der Waals surface area (Å²) >= 11 is 0. The zero-order valence-corrected chi connectivity index (χ0v) is 23.5. The van der Waals surface area contributed by atoms with E-state index >= 15 is 0 Å². The van der Waals surface area contributed by atoms with Gasteiger partial charge in [0.15, 0.2) is 0 Å². The number of benzene rings is 3. The van der Waals surface area contributed by atoms with Crippen molar-refractivity contribution < 1.29 is 14.7 Å². The molecule has 1 atom stereocenters. The number of aliphatic carboxylic acids is 1. The number of rotatable bonds is 8. The van der Waals surface area contributed by atoms with Crippen molar-refractivity contribution in [3.63, 3.8) is 0 Å². The summed E-state index contributed by atoms with van der Waals surface area (Å²) in [6, 6.07) is 18.0. The van der Waals surface area contributed by atoms with Gasteiger partial charge in [-0.05, 0) is 67.3 Å². The lowest BCUT2D eigenvalue weighted by Gasteiger charge is -2.18. The molecule has 1 N–H and O–H groups in total. The molecular weight excluding hydrogens is 504 g/mol. The van der Waals surface area contributed by atoms with Gasteiger partial charge in [-0.2, -0.15) is 0 Å². The molecule has 2 heterocycles. The monoisotopic (exact) mass is 538 g/mol. The van der Waals surface area contributed by atoms with Crippen molar-refractivity contribution in [3.8, 4) is 0 Å². The summed E-state index contributed by atoms with van der Waals surface area (Å²) in [6.07, 6.45) is 1.77. The lowest BCUT2D eigenvalue weighted by Crippen LogP contribution is -2.29. The molecule has 206 valence electrons. The Morgan fingerprint density at radius 2 is 1.70 bits per heavy atom. The summed E-state index contributed by atoms with van der Waals surface area (Å²) in [5.74, 6) is -1.18. The molecule has 8 heteroatoms. The van der Waals surface area contributed by atoms with Crippen molar-refractivity contribution in [3.05, 3.63) is 105 Å². The van der Waals surface area contributed by atoms with E-state index in [1.54, 1.807) is 39.3 Å². The number of carboxylic acid groups (broad SMARTS) is 1. The van der Waals surface area contributed by atoms with E-state index < -0.39 is 12.0 Å². The van der Waals surface area contributed by atoms with Gasteiger partial charge in [0.05, 0.1) is 30.0 Å². The highest BCUT2D eigenvalue weighted by atomic mass is 16.4. The molecule has 5 rings (SSSR count). The maximum atomic E-state index is 14.3. The normalized spacial score (nSPS) is 12.2. The van der Waals surface area contributed by atoms with Crippen LogP contribution in [0.4, 0.5) is 0 Å². The van der Waals surface area contributed by atoms with E-state index in [2.05, 4.69) is 30.5 Å². The summed E-state index contributed by atoms with van der Waals surface area (Å²) < 4.78 is 5.31. The minimum Gasteiger partial charge on any atom is -0.481 e. The number of hydrogen-bond acceptors (Lipinski definition) is 3. The second-order valence-electron chi connectivity index (χ2n) is 10.5. The third kappa shape index (κ3) is 4.70. The molecule has 2 aromatic heterocycles. The van der Waals surface area contributed by atoms with Crippen molar-refractivity contribution >= 4 is 33.8 Å². The van der Waals surface area contributed by atoms with Crippen molar-refractivity contribution in [2.75, 3.05) is 13.6 Å². The quantitative estimate of drug-likeness (QED) is 0.297. The summed E-state index contributed by atoms with van der Waals surface area (Å²) in [5, 5.41) is 10.9. The fraction of sp³-hybridized carbons (Fsp3) is 0.281. The Balaban J connectivity index is 1.77. The van der Waals surface area contributed by atoms with Crippen LogP contribution in [0.25, 0.3) is 21.9 Å². The summed E-state index contributed by atoms with van der Waals surface area (Å²) in [5.41, 5.74) is 6.40. The van der Waals surface area contributed by atoms with Gasteiger partial charge in [-0.3, -0.25) is 18.7 Å². The highest BCUT2D eigenvalue weighted by Crippen LogP contribution is 2.30. The number of aryl methyl sites for hydroxylation is 3. The first-order valence-electron chi connectivity index (χ1n) is 13.4. The summed E-state index contributed by atoms with van der Waals surface area (Å²) in [7, 11) is 3.73. The van der Waals surface area contributed by atoms with Crippen LogP contribution in [0.5, 0.6) is 0 Å². The van der Waals surface area contributed by atoms with Gasteiger partial charge >= 0.3 is 11.7 Å². The van der Waals surface area contributed by atoms with Gasteiger partial charge < -0.3 is 14.6 Å². The molecule has 8 nitrogen and oxygen atoms in total. The van der Waals surface area contributed by atoms with Crippen molar-refractivity contribution in [1.82, 2.24) is 18.6 Å². The number of carboxylic acids is 1. The molecule has 0 radical (unpaired) electrons. The first-order chi connectivity index (χ1) is 19.1. The number of fused-ring (bicyclic) bond motifs is 2. The Morgan fingerprint density at radius 3 is 2.38 bits per heavy atom. The lowest BCUT2D eigenvalue weighted by atomic mass is 10.0. The topological polar surface area (TPSA) is 89.5 Å². The first kappa shape index (κ1) is 27.0. The van der Waals surface area contributed by atoms with Crippen LogP contribution in [0.2, 0.25) is 0 Å². The van der Waals surface area contributed by atoms with Gasteiger partial charge in [-0.15, -0.1) is 0 Å². The van der Waals surface area contributed by atoms with E-state index in [-0.39, 0.29) is 18.0 Å². The van der Waals surface area contributed by atoms with E-state index in [0.29, 0.717) is 35.2 Å². The van der Waals surface area contributed by atoms with Crippen LogP contribution in [0.15, 0.2) is 71.7 Å². The lowest BCUT2D eigenvalue weighted by molar-refractivity contribution is -0.137. The van der Waals surface area contributed by atoms with Crippen LogP contribution in [-0.4, -0.2) is 49.2 Å². The number of imidazole rings is 1. The number of aromatic nitrogens is 3. The van der Waals surface area contributed by atoms with Gasteiger partial charge in [-0.1, -0.05) is 36.4 Å². The first-order valence-corrected chi connectivity index (χ1v) is 13.4. The van der Waals surface area contributed by atoms with Crippen LogP contribution in [0.3, 0.4) is 0 Å². The van der Waals surface area contributed by atoms with Crippen molar-refractivity contribution in [2.24, 2.45) is 7.05 Å². The number of amides is 1. The van der Waals surface area contributed by atoms with Crippen LogP contribution in [0, 0.1) is 13.8 Å². The predicted molar refractivity (Wildman–Crippen MR) is 157 cm³/mol. The second-order valence-corrected chi connectivity index (χ2v) is 10.5. The predicted octanol–water partition coefficient (Wildman–Crippen LogP) is 5.12. The molecule has 0 unspecified atom stereocenters. The molecule has 0 fully saturated rings. The Hall–Kier alpha value is -4.59. The van der Waals surface area contributed by atoms with Gasteiger partial charge in [0, 0.05) is 43.3 Å². The highest BCUT2D eigenvalue weighted by molar-refractivity contribution is 5.97. The van der Waals surface area contributed by atoms with Crippen LogP contribution >= 0.6 is 0 Å². The Morgan fingerprint density at radius 1 is 0.975 bits per heavy atom. The molecule has 40 heavy (non-hydrogen) atoms. The minimum absolute atomic E-state index is 0.161. The fourth-order valence-electron chi connectivity index (χ4n) is 5.73. The molecule has 0 saturated heterocycles. The second kappa shape index (κ2) is 10.5. The Bertz CT molecular complexity index is 1810. The largest absolute Gasteiger partial charge is 0.481 e. The van der Waals surface area contributed by atoms with Crippen LogP contribution in [-0.2, 0) is 18.4 Å². The maximum Gasteiger partial charge on any atom is 0.330 e. The Kier molecular flexibility index (Phi) is 7.10. The van der Waals surface area contributed by atoms with E-state index in [9.17, 15) is 19.5 Å². The smallest absolute Gasteiger partial charge is 0.330 e. The number of carbonyl (C=O) groups excluding carboxylic acids is 1. The average molecular weight is 539 g/mol. The van der Waals surface area contributed by atoms with Crippen molar-refractivity contribution in [1.29, 1.82) is 0 Å². The van der Waals surface area contributed by atoms with Crippen LogP contribution < -0.4 is 5.69 Å². The third-order valence-corrected chi connectivity index (χ3v) is 7.73. The van der Waals surface area contributed by atoms with Gasteiger partial charge in [0.2, 0.25) is 0 Å². The third-order valence-electron chi connectivity index (χ3n) is 7.73. The van der Waals surface area contributed by atoms with Gasteiger partial charge in [-0.25, -0.2) is 4.79 Å². The number of nitrogens with zero attached hydrogens (tertiary/aromatic N) is 4. The van der Waals surface area contributed by atoms with E-state index in [4.69, 9.17) is 0 Å². The van der Waals surface area contributed by atoms with Crippen molar-refractivity contribution in [2.45, 2.75) is 39.8 Å². The minimum atomic E-state index is -1.01. The fourth-order valence-corrected chi connectivity index (χ4v) is 5.73. The van der Waals surface area contributed by atoms with E-state index in [0.717, 1.165) is 22.0 Å². The molecule has 0 bridgehead atoms. The van der Waals surface area contributed by atoms with Gasteiger partial charge in [0.1, 0.15) is 0 Å². The summed E-state index contributed by atoms with van der Waals surface area (Å²) in [6.45, 7) is 6.88. The van der Waals surface area contributed by atoms with Crippen LogP contribution in [0.1, 0.15) is 52.0 Å². The summed E-state index contributed by atoms with van der Waals surface area (Å²) in [4.78, 5) is 41.0. The molecule has 0 aliphatic heterocycles. The molecule has 0 spiro atoms. The standard InChI is InChI=1S/C32H34N4O4/c1-6-33(4)31(39)23-12-13-25-27(16-23)36(26(17-29(37)38)22-10-8-7-9-11-22)32(40)35(25)19-24-18-34(5)28-15-20(2)14-21(3)30(24)28/h7-16,18,26H,6,17,19H2,1-5H3,(H,37,38)/t26-/m1/s1. The van der Waals surface area contributed by atoms with Gasteiger partial charge in [0.25, 0.3) is 5.91 Å². The Labute approximate surface area is 232 Å². The molecule has 0 aliphatic carbocycles. The zero-order chi connectivity index (χ0) is 28.7. The number of hydrogen-bond donors (Lipinski definition) is 1. The SMILES string of the molecule is CCN(C)C(=O)c1ccc2c(c1)n([C@H](CC(=O)O)c1ccccc1)c(=O)n2Cc1cn(C)c2cc(C)cc(C)c12. The van der Waals surface area contributed by atoms with E-state index in [1.807, 2.05) is 50.5 Å². The molecule has 0 saturated carbocycles.